The van der Waals surface area contributed by atoms with Crippen molar-refractivity contribution >= 4 is 37.2 Å². The maximum absolute atomic E-state index is 12.0. The molecule has 0 N–H and O–H groups in total. The van der Waals surface area contributed by atoms with Crippen LogP contribution >= 0.6 is 25.3 Å². The van der Waals surface area contributed by atoms with Crippen LogP contribution in [0.5, 0.6) is 0 Å². The zero-order chi connectivity index (χ0) is 16.1. The van der Waals surface area contributed by atoms with E-state index in [1.54, 1.807) is 20.8 Å². The molecule has 0 aliphatic rings. The van der Waals surface area contributed by atoms with Crippen molar-refractivity contribution in [3.8, 4) is 0 Å². The lowest BCUT2D eigenvalue weighted by molar-refractivity contribution is -0.162. The van der Waals surface area contributed by atoms with Gasteiger partial charge in [-0.25, -0.2) is 4.79 Å². The Labute approximate surface area is 132 Å². The summed E-state index contributed by atoms with van der Waals surface area (Å²) >= 11 is 7.91. The van der Waals surface area contributed by atoms with Gasteiger partial charge in [0.25, 0.3) is 0 Å². The molecular weight excluding hydrogens is 296 g/mol. The normalized spacial score (nSPS) is 11.8. The molecule has 0 rings (SSSR count). The number of thiol groups is 2. The third-order valence-corrected chi connectivity index (χ3v) is 3.07. The molecular formula is C14H24O4S2. The van der Waals surface area contributed by atoms with Gasteiger partial charge in [0, 0.05) is 4.24 Å². The summed E-state index contributed by atoms with van der Waals surface area (Å²) in [6.07, 6.45) is 0. The van der Waals surface area contributed by atoms with E-state index in [1.165, 1.54) is 0 Å². The van der Waals surface area contributed by atoms with E-state index in [9.17, 15) is 9.59 Å². The molecule has 0 saturated carbocycles. The second kappa shape index (κ2) is 7.41. The summed E-state index contributed by atoms with van der Waals surface area (Å²) in [6, 6.07) is 0. The molecule has 20 heavy (non-hydrogen) atoms. The fourth-order valence-corrected chi connectivity index (χ4v) is 1.16. The van der Waals surface area contributed by atoms with Gasteiger partial charge in [-0.2, -0.15) is 0 Å². The molecule has 0 aromatic heterocycles. The van der Waals surface area contributed by atoms with Crippen LogP contribution in [0.3, 0.4) is 0 Å². The molecule has 0 radical (unpaired) electrons. The van der Waals surface area contributed by atoms with Gasteiger partial charge in [0.05, 0.1) is 17.6 Å². The van der Waals surface area contributed by atoms with Crippen LogP contribution in [0.1, 0.15) is 41.5 Å². The highest BCUT2D eigenvalue weighted by molar-refractivity contribution is 8.05. The average Bonchev–Trinajstić information content (AvgIpc) is 2.30. The Morgan fingerprint density at radius 1 is 0.950 bits per heavy atom. The summed E-state index contributed by atoms with van der Waals surface area (Å²) in [5.74, 6) is -0.930. The Kier molecular flexibility index (Phi) is 7.18. The highest BCUT2D eigenvalue weighted by Gasteiger charge is 2.32. The molecule has 0 heterocycles. The summed E-state index contributed by atoms with van der Waals surface area (Å²) < 4.78 is 10.6. The largest absolute Gasteiger partial charge is 0.465 e. The molecule has 0 saturated heterocycles. The van der Waals surface area contributed by atoms with Crippen molar-refractivity contribution < 1.29 is 19.1 Å². The Morgan fingerprint density at radius 2 is 1.45 bits per heavy atom. The summed E-state index contributed by atoms with van der Waals surface area (Å²) in [6.45, 7) is 11.1. The summed E-state index contributed by atoms with van der Waals surface area (Å²) in [5, 5.41) is 0. The summed E-state index contributed by atoms with van der Waals surface area (Å²) in [4.78, 5) is 23.6. The quantitative estimate of drug-likeness (QED) is 0.464. The number of rotatable bonds is 5. The monoisotopic (exact) mass is 320 g/mol. The molecule has 116 valence electrons. The van der Waals surface area contributed by atoms with Crippen LogP contribution < -0.4 is 0 Å². The maximum atomic E-state index is 12.0. The summed E-state index contributed by atoms with van der Waals surface area (Å²) in [7, 11) is 0. The fraction of sp³-hybridized carbons (Fsp3) is 0.714. The van der Waals surface area contributed by atoms with Crippen molar-refractivity contribution in [1.82, 2.24) is 0 Å². The minimum atomic E-state index is -0.894. The standard InChI is InChI=1S/C14H24O4S2/c1-9(11(19)20)10(15)17-8-14(5,6)12(16)18-7-13(2,3)4/h19-20H,7-8H2,1-6H3. The van der Waals surface area contributed by atoms with Crippen LogP contribution in [0.15, 0.2) is 9.81 Å². The number of carbonyl (C=O) groups is 2. The van der Waals surface area contributed by atoms with Crippen molar-refractivity contribution in [2.24, 2.45) is 10.8 Å². The molecule has 0 fully saturated rings. The molecule has 6 heteroatoms. The van der Waals surface area contributed by atoms with Crippen LogP contribution in [-0.2, 0) is 19.1 Å². The SMILES string of the molecule is CC(C(=O)OCC(C)(C)C(=O)OCC(C)(C)C)=C(S)S. The molecule has 0 aliphatic heterocycles. The molecule has 0 aromatic carbocycles. The molecule has 0 aromatic rings. The number of carbonyl (C=O) groups excluding carboxylic acids is 2. The van der Waals surface area contributed by atoms with Gasteiger partial charge in [0.2, 0.25) is 0 Å². The molecule has 4 nitrogen and oxygen atoms in total. The van der Waals surface area contributed by atoms with Crippen LogP contribution in [0.2, 0.25) is 0 Å². The zero-order valence-corrected chi connectivity index (χ0v) is 14.7. The number of ether oxygens (including phenoxy) is 2. The van der Waals surface area contributed by atoms with Gasteiger partial charge < -0.3 is 9.47 Å². The molecule has 0 bridgehead atoms. The predicted molar refractivity (Wildman–Crippen MR) is 85.8 cm³/mol. The minimum absolute atomic E-state index is 0.0546. The number of esters is 2. The number of hydrogen-bond acceptors (Lipinski definition) is 6. The van der Waals surface area contributed by atoms with E-state index < -0.39 is 11.4 Å². The van der Waals surface area contributed by atoms with Crippen LogP contribution in [0.4, 0.5) is 0 Å². The molecule has 0 amide bonds. The second-order valence-electron chi connectivity index (χ2n) is 6.55. The Balaban J connectivity index is 4.49. The Bertz CT molecular complexity index is 402. The van der Waals surface area contributed by atoms with Crippen LogP contribution in [0.25, 0.3) is 0 Å². The second-order valence-corrected chi connectivity index (χ2v) is 7.79. The van der Waals surface area contributed by atoms with E-state index in [0.29, 0.717) is 16.4 Å². The lowest BCUT2D eigenvalue weighted by atomic mass is 9.94. The minimum Gasteiger partial charge on any atom is -0.465 e. The highest BCUT2D eigenvalue weighted by atomic mass is 32.2. The van der Waals surface area contributed by atoms with E-state index in [4.69, 9.17) is 9.47 Å². The topological polar surface area (TPSA) is 52.6 Å². The lowest BCUT2D eigenvalue weighted by Gasteiger charge is -2.25. The van der Waals surface area contributed by atoms with E-state index in [-0.39, 0.29) is 18.0 Å². The first-order chi connectivity index (χ1) is 8.87. The van der Waals surface area contributed by atoms with Gasteiger partial charge in [-0.3, -0.25) is 4.79 Å². The Morgan fingerprint density at radius 3 is 1.85 bits per heavy atom. The van der Waals surface area contributed by atoms with Gasteiger partial charge in [-0.05, 0) is 26.2 Å². The smallest absolute Gasteiger partial charge is 0.335 e. The van der Waals surface area contributed by atoms with Gasteiger partial charge in [0.15, 0.2) is 0 Å². The predicted octanol–water partition coefficient (Wildman–Crippen LogP) is 3.24. The maximum Gasteiger partial charge on any atom is 0.335 e. The van der Waals surface area contributed by atoms with Crippen LogP contribution in [-0.4, -0.2) is 25.2 Å². The molecule has 0 spiro atoms. The van der Waals surface area contributed by atoms with E-state index >= 15 is 0 Å². The van der Waals surface area contributed by atoms with E-state index in [0.717, 1.165) is 0 Å². The first-order valence-electron chi connectivity index (χ1n) is 6.30. The van der Waals surface area contributed by atoms with Crippen molar-refractivity contribution in [2.75, 3.05) is 13.2 Å². The third kappa shape index (κ3) is 7.24. The highest BCUT2D eigenvalue weighted by Crippen LogP contribution is 2.22. The first-order valence-corrected chi connectivity index (χ1v) is 7.19. The van der Waals surface area contributed by atoms with Crippen LogP contribution in [0, 0.1) is 10.8 Å². The van der Waals surface area contributed by atoms with E-state index in [2.05, 4.69) is 25.3 Å². The average molecular weight is 320 g/mol. The van der Waals surface area contributed by atoms with Gasteiger partial charge in [0.1, 0.15) is 6.61 Å². The summed E-state index contributed by atoms with van der Waals surface area (Å²) in [5.41, 5.74) is -0.695. The third-order valence-electron chi connectivity index (χ3n) is 2.39. The first kappa shape index (κ1) is 19.4. The fourth-order valence-electron chi connectivity index (χ4n) is 0.982. The zero-order valence-electron chi connectivity index (χ0n) is 12.9. The van der Waals surface area contributed by atoms with Crippen molar-refractivity contribution in [3.63, 3.8) is 0 Å². The van der Waals surface area contributed by atoms with Gasteiger partial charge in [-0.1, -0.05) is 20.8 Å². The van der Waals surface area contributed by atoms with Crippen molar-refractivity contribution in [3.05, 3.63) is 9.81 Å². The van der Waals surface area contributed by atoms with Crippen molar-refractivity contribution in [1.29, 1.82) is 0 Å². The van der Waals surface area contributed by atoms with Crippen molar-refractivity contribution in [2.45, 2.75) is 41.5 Å². The van der Waals surface area contributed by atoms with E-state index in [1.807, 2.05) is 20.8 Å². The molecule has 0 atom stereocenters. The number of hydrogen-bond donors (Lipinski definition) is 2. The van der Waals surface area contributed by atoms with Gasteiger partial charge >= 0.3 is 11.9 Å². The lowest BCUT2D eigenvalue weighted by Crippen LogP contribution is -2.34. The molecule has 0 unspecified atom stereocenters. The van der Waals surface area contributed by atoms with Gasteiger partial charge in [-0.15, -0.1) is 25.3 Å². The Hall–Kier alpha value is -0.620. The molecule has 0 aliphatic carbocycles.